The van der Waals surface area contributed by atoms with Crippen LogP contribution in [0.25, 0.3) is 0 Å². The van der Waals surface area contributed by atoms with Gasteiger partial charge in [-0.05, 0) is 54.0 Å². The monoisotopic (exact) mass is 363 g/mol. The van der Waals surface area contributed by atoms with E-state index < -0.39 is 0 Å². The molecule has 18 heavy (non-hydrogen) atoms. The van der Waals surface area contributed by atoms with E-state index in [-0.39, 0.29) is 6.04 Å². The molecule has 1 nitrogen and oxygen atoms in total. The third-order valence-corrected chi connectivity index (χ3v) is 5.91. The fraction of sp³-hybridized carbons (Fsp3) is 0.385. The molecule has 0 aliphatic rings. The Morgan fingerprint density at radius 1 is 1.39 bits per heavy atom. The highest BCUT2D eigenvalue weighted by atomic mass is 79.9. The highest BCUT2D eigenvalue weighted by Gasteiger charge is 2.20. The summed E-state index contributed by atoms with van der Waals surface area (Å²) in [5.74, 6) is 0. The highest BCUT2D eigenvalue weighted by Crippen LogP contribution is 2.38. The molecule has 1 unspecified atom stereocenters. The lowest BCUT2D eigenvalue weighted by atomic mass is 10.2. The molecule has 0 bridgehead atoms. The predicted octanol–water partition coefficient (Wildman–Crippen LogP) is 5.62. The molecule has 1 atom stereocenters. The van der Waals surface area contributed by atoms with Crippen molar-refractivity contribution in [2.24, 2.45) is 0 Å². The summed E-state index contributed by atoms with van der Waals surface area (Å²) in [6, 6.07) is 6.50. The van der Waals surface area contributed by atoms with Gasteiger partial charge in [0.2, 0.25) is 0 Å². The molecule has 2 aromatic heterocycles. The standard InChI is InChI=1S/C13H15BrClNS2/c1-3-6-16-12(10-4-5-11(15)18-10)13-9(14)7-8(2)17-13/h4-5,7,12,16H,3,6H2,1-2H3. The molecule has 0 amide bonds. The maximum atomic E-state index is 6.05. The Balaban J connectivity index is 2.33. The largest absolute Gasteiger partial charge is 0.305 e. The van der Waals surface area contributed by atoms with Crippen LogP contribution in [0.4, 0.5) is 0 Å². The maximum Gasteiger partial charge on any atom is 0.0931 e. The summed E-state index contributed by atoms with van der Waals surface area (Å²) >= 11 is 13.2. The van der Waals surface area contributed by atoms with Gasteiger partial charge >= 0.3 is 0 Å². The van der Waals surface area contributed by atoms with Crippen LogP contribution in [0.3, 0.4) is 0 Å². The van der Waals surface area contributed by atoms with Crippen LogP contribution in [-0.4, -0.2) is 6.54 Å². The van der Waals surface area contributed by atoms with E-state index >= 15 is 0 Å². The zero-order valence-corrected chi connectivity index (χ0v) is 14.3. The molecule has 5 heteroatoms. The van der Waals surface area contributed by atoms with E-state index in [0.29, 0.717) is 0 Å². The fourth-order valence-electron chi connectivity index (χ4n) is 1.79. The maximum absolute atomic E-state index is 6.05. The van der Waals surface area contributed by atoms with Gasteiger partial charge in [0.05, 0.1) is 10.4 Å². The molecule has 0 aromatic carbocycles. The summed E-state index contributed by atoms with van der Waals surface area (Å²) in [6.07, 6.45) is 1.12. The molecule has 2 aromatic rings. The van der Waals surface area contributed by atoms with Gasteiger partial charge in [-0.3, -0.25) is 0 Å². The Labute approximate surface area is 129 Å². The Hall–Kier alpha value is 0.130. The fourth-order valence-corrected chi connectivity index (χ4v) is 4.99. The number of halogens is 2. The minimum Gasteiger partial charge on any atom is -0.305 e. The molecule has 98 valence electrons. The van der Waals surface area contributed by atoms with Crippen molar-refractivity contribution in [1.82, 2.24) is 5.32 Å². The van der Waals surface area contributed by atoms with Gasteiger partial charge in [-0.15, -0.1) is 22.7 Å². The molecule has 2 heterocycles. The van der Waals surface area contributed by atoms with Crippen molar-refractivity contribution in [3.8, 4) is 0 Å². The second-order valence-corrected chi connectivity index (χ2v) is 7.99. The molecule has 0 radical (unpaired) electrons. The van der Waals surface area contributed by atoms with Crippen LogP contribution in [0.2, 0.25) is 4.34 Å². The smallest absolute Gasteiger partial charge is 0.0931 e. The first kappa shape index (κ1) is 14.5. The van der Waals surface area contributed by atoms with Crippen molar-refractivity contribution in [3.63, 3.8) is 0 Å². The van der Waals surface area contributed by atoms with Crippen LogP contribution in [0.1, 0.15) is 34.0 Å². The van der Waals surface area contributed by atoms with Gasteiger partial charge in [-0.2, -0.15) is 0 Å². The molecule has 0 aliphatic carbocycles. The van der Waals surface area contributed by atoms with Crippen LogP contribution < -0.4 is 5.32 Å². The zero-order valence-electron chi connectivity index (χ0n) is 10.3. The lowest BCUT2D eigenvalue weighted by Crippen LogP contribution is -2.21. The average Bonchev–Trinajstić information content (AvgIpc) is 2.87. The Kier molecular flexibility index (Phi) is 5.27. The summed E-state index contributed by atoms with van der Waals surface area (Å²) in [5, 5.41) is 3.60. The minimum atomic E-state index is 0.246. The number of nitrogens with one attached hydrogen (secondary N) is 1. The van der Waals surface area contributed by atoms with E-state index in [4.69, 9.17) is 11.6 Å². The first-order valence-corrected chi connectivity index (χ1v) is 8.66. The lowest BCUT2D eigenvalue weighted by molar-refractivity contribution is 0.612. The van der Waals surface area contributed by atoms with E-state index in [0.717, 1.165) is 17.3 Å². The van der Waals surface area contributed by atoms with E-state index in [1.54, 1.807) is 11.3 Å². The van der Waals surface area contributed by atoms with Gasteiger partial charge in [0, 0.05) is 19.1 Å². The predicted molar refractivity (Wildman–Crippen MR) is 86.2 cm³/mol. The lowest BCUT2D eigenvalue weighted by Gasteiger charge is -2.16. The van der Waals surface area contributed by atoms with Gasteiger partial charge < -0.3 is 5.32 Å². The van der Waals surface area contributed by atoms with Gasteiger partial charge in [-0.25, -0.2) is 0 Å². The third-order valence-electron chi connectivity index (χ3n) is 2.58. The molecule has 0 spiro atoms. The first-order chi connectivity index (χ1) is 8.61. The molecule has 0 saturated carbocycles. The zero-order chi connectivity index (χ0) is 13.1. The molecule has 1 N–H and O–H groups in total. The van der Waals surface area contributed by atoms with Gasteiger partial charge in [0.1, 0.15) is 0 Å². The van der Waals surface area contributed by atoms with Gasteiger partial charge in [0.15, 0.2) is 0 Å². The molecule has 0 fully saturated rings. The highest BCUT2D eigenvalue weighted by molar-refractivity contribution is 9.10. The van der Waals surface area contributed by atoms with E-state index in [1.165, 1.54) is 19.1 Å². The van der Waals surface area contributed by atoms with Gasteiger partial charge in [0.25, 0.3) is 0 Å². The van der Waals surface area contributed by atoms with E-state index in [2.05, 4.69) is 47.2 Å². The van der Waals surface area contributed by atoms with Crippen LogP contribution in [0.15, 0.2) is 22.7 Å². The molecular weight excluding hydrogens is 350 g/mol. The topological polar surface area (TPSA) is 12.0 Å². The molecule has 0 saturated heterocycles. The number of thiophene rings is 2. The van der Waals surface area contributed by atoms with Crippen molar-refractivity contribution in [2.75, 3.05) is 6.54 Å². The summed E-state index contributed by atoms with van der Waals surface area (Å²) in [7, 11) is 0. The van der Waals surface area contributed by atoms with Crippen LogP contribution >= 0.6 is 50.2 Å². The number of hydrogen-bond donors (Lipinski definition) is 1. The number of hydrogen-bond acceptors (Lipinski definition) is 3. The number of rotatable bonds is 5. The van der Waals surface area contributed by atoms with Crippen LogP contribution in [-0.2, 0) is 0 Å². The summed E-state index contributed by atoms with van der Waals surface area (Å²) in [5.41, 5.74) is 0. The SMILES string of the molecule is CCCNC(c1ccc(Cl)s1)c1sc(C)cc1Br. The second-order valence-electron chi connectivity index (χ2n) is 4.10. The second kappa shape index (κ2) is 6.53. The van der Waals surface area contributed by atoms with Crippen molar-refractivity contribution in [3.05, 3.63) is 41.6 Å². The average molecular weight is 365 g/mol. The van der Waals surface area contributed by atoms with Crippen LogP contribution in [0, 0.1) is 6.92 Å². The van der Waals surface area contributed by atoms with Crippen molar-refractivity contribution in [2.45, 2.75) is 26.3 Å². The quantitative estimate of drug-likeness (QED) is 0.725. The van der Waals surface area contributed by atoms with Crippen molar-refractivity contribution < 1.29 is 0 Å². The Morgan fingerprint density at radius 3 is 2.67 bits per heavy atom. The Morgan fingerprint density at radius 2 is 2.17 bits per heavy atom. The normalized spacial score (nSPS) is 12.9. The van der Waals surface area contributed by atoms with E-state index in [1.807, 2.05) is 17.4 Å². The van der Waals surface area contributed by atoms with Crippen molar-refractivity contribution >= 4 is 50.2 Å². The summed E-state index contributed by atoms with van der Waals surface area (Å²) in [6.45, 7) is 5.32. The van der Waals surface area contributed by atoms with E-state index in [9.17, 15) is 0 Å². The Bertz CT molecular complexity index is 521. The van der Waals surface area contributed by atoms with Gasteiger partial charge in [-0.1, -0.05) is 18.5 Å². The third kappa shape index (κ3) is 3.36. The molecule has 0 aliphatic heterocycles. The summed E-state index contributed by atoms with van der Waals surface area (Å²) in [4.78, 5) is 3.93. The van der Waals surface area contributed by atoms with Crippen LogP contribution in [0.5, 0.6) is 0 Å². The summed E-state index contributed by atoms with van der Waals surface area (Å²) < 4.78 is 2.03. The number of aryl methyl sites for hydroxylation is 1. The molecular formula is C13H15BrClNS2. The first-order valence-electron chi connectivity index (χ1n) is 5.86. The van der Waals surface area contributed by atoms with Crippen molar-refractivity contribution in [1.29, 1.82) is 0 Å². The minimum absolute atomic E-state index is 0.246. The molecule has 2 rings (SSSR count).